The lowest BCUT2D eigenvalue weighted by molar-refractivity contribution is -0.137. The van der Waals surface area contributed by atoms with E-state index in [4.69, 9.17) is 0 Å². The van der Waals surface area contributed by atoms with Gasteiger partial charge in [-0.3, -0.25) is 4.79 Å². The van der Waals surface area contributed by atoms with Crippen LogP contribution in [0, 0.1) is 11.8 Å². The Kier molecular flexibility index (Phi) is 4.11. The summed E-state index contributed by atoms with van der Waals surface area (Å²) in [6.07, 6.45) is 10.2. The van der Waals surface area contributed by atoms with Crippen LogP contribution in [0.2, 0.25) is 0 Å². The number of likely N-dealkylation sites (tertiary alicyclic amines) is 1. The average molecular weight is 264 g/mol. The van der Waals surface area contributed by atoms with Gasteiger partial charge in [0.05, 0.1) is 6.04 Å². The lowest BCUT2D eigenvalue weighted by Crippen LogP contribution is -2.52. The lowest BCUT2D eigenvalue weighted by Gasteiger charge is -2.38. The van der Waals surface area contributed by atoms with Crippen LogP contribution >= 0.6 is 0 Å². The zero-order valence-electron chi connectivity index (χ0n) is 12.2. The summed E-state index contributed by atoms with van der Waals surface area (Å²) in [6.45, 7) is 4.38. The van der Waals surface area contributed by atoms with Crippen molar-refractivity contribution in [2.45, 2.75) is 70.4 Å². The molecule has 0 aromatic rings. The van der Waals surface area contributed by atoms with E-state index >= 15 is 0 Å². The molecule has 3 heteroatoms. The topological polar surface area (TPSA) is 32.3 Å². The van der Waals surface area contributed by atoms with E-state index in [2.05, 4.69) is 17.1 Å². The SMILES string of the molecule is CC1CCCCC1CN1CCCC(NC2CC2)C1=O. The molecule has 0 aromatic heterocycles. The second-order valence-electron chi connectivity index (χ2n) is 6.94. The maximum absolute atomic E-state index is 12.5. The highest BCUT2D eigenvalue weighted by Crippen LogP contribution is 2.31. The molecule has 2 saturated carbocycles. The Morgan fingerprint density at radius 1 is 1.11 bits per heavy atom. The van der Waals surface area contributed by atoms with Crippen molar-refractivity contribution >= 4 is 5.91 Å². The normalized spacial score (nSPS) is 36.6. The van der Waals surface area contributed by atoms with Crippen LogP contribution in [0.1, 0.15) is 58.3 Å². The molecule has 19 heavy (non-hydrogen) atoms. The molecule has 1 amide bonds. The van der Waals surface area contributed by atoms with Crippen molar-refractivity contribution in [3.63, 3.8) is 0 Å². The molecule has 3 rings (SSSR count). The molecule has 3 atom stereocenters. The molecule has 3 fully saturated rings. The molecule has 1 N–H and O–H groups in total. The summed E-state index contributed by atoms with van der Waals surface area (Å²) in [4.78, 5) is 14.7. The van der Waals surface area contributed by atoms with Crippen molar-refractivity contribution in [3.8, 4) is 0 Å². The molecule has 0 spiro atoms. The van der Waals surface area contributed by atoms with Gasteiger partial charge in [0.2, 0.25) is 5.91 Å². The van der Waals surface area contributed by atoms with Crippen LogP contribution in [-0.2, 0) is 4.79 Å². The zero-order valence-corrected chi connectivity index (χ0v) is 12.2. The Hall–Kier alpha value is -0.570. The van der Waals surface area contributed by atoms with Crippen molar-refractivity contribution in [2.24, 2.45) is 11.8 Å². The Bertz CT molecular complexity index is 327. The molecule has 108 valence electrons. The number of hydrogen-bond donors (Lipinski definition) is 1. The molecule has 2 aliphatic carbocycles. The third kappa shape index (κ3) is 3.31. The van der Waals surface area contributed by atoms with Gasteiger partial charge in [-0.05, 0) is 43.9 Å². The largest absolute Gasteiger partial charge is 0.341 e. The molecule has 0 bridgehead atoms. The van der Waals surface area contributed by atoms with Gasteiger partial charge in [0.1, 0.15) is 0 Å². The molecule has 3 aliphatic rings. The molecule has 0 radical (unpaired) electrons. The summed E-state index contributed by atoms with van der Waals surface area (Å²) >= 11 is 0. The van der Waals surface area contributed by atoms with Gasteiger partial charge < -0.3 is 10.2 Å². The minimum Gasteiger partial charge on any atom is -0.341 e. The number of rotatable bonds is 4. The number of piperidine rings is 1. The summed E-state index contributed by atoms with van der Waals surface area (Å²) in [5.74, 6) is 1.94. The Balaban J connectivity index is 1.55. The number of nitrogens with one attached hydrogen (secondary N) is 1. The summed E-state index contributed by atoms with van der Waals surface area (Å²) < 4.78 is 0. The molecule has 1 aliphatic heterocycles. The van der Waals surface area contributed by atoms with Gasteiger partial charge in [0, 0.05) is 19.1 Å². The molecule has 1 saturated heterocycles. The van der Waals surface area contributed by atoms with Crippen LogP contribution in [0.5, 0.6) is 0 Å². The number of amides is 1. The third-order valence-corrected chi connectivity index (χ3v) is 5.29. The molecular formula is C16H28N2O. The van der Waals surface area contributed by atoms with E-state index in [1.165, 1.54) is 44.9 Å². The lowest BCUT2D eigenvalue weighted by atomic mass is 9.80. The number of hydrogen-bond acceptors (Lipinski definition) is 2. The van der Waals surface area contributed by atoms with Crippen molar-refractivity contribution < 1.29 is 4.79 Å². The first kappa shape index (κ1) is 13.4. The number of carbonyl (C=O) groups excluding carboxylic acids is 1. The van der Waals surface area contributed by atoms with E-state index < -0.39 is 0 Å². The van der Waals surface area contributed by atoms with Crippen molar-refractivity contribution in [3.05, 3.63) is 0 Å². The van der Waals surface area contributed by atoms with E-state index in [0.717, 1.165) is 31.3 Å². The fourth-order valence-electron chi connectivity index (χ4n) is 3.76. The Morgan fingerprint density at radius 3 is 2.63 bits per heavy atom. The minimum atomic E-state index is 0.125. The predicted molar refractivity (Wildman–Crippen MR) is 76.9 cm³/mol. The van der Waals surface area contributed by atoms with Crippen molar-refractivity contribution in [1.29, 1.82) is 0 Å². The highest BCUT2D eigenvalue weighted by atomic mass is 16.2. The summed E-state index contributed by atoms with van der Waals surface area (Å²) in [7, 11) is 0. The highest BCUT2D eigenvalue weighted by Gasteiger charge is 2.35. The first-order valence-electron chi connectivity index (χ1n) is 8.29. The van der Waals surface area contributed by atoms with Gasteiger partial charge in [-0.2, -0.15) is 0 Å². The van der Waals surface area contributed by atoms with Crippen LogP contribution in [-0.4, -0.2) is 36.0 Å². The van der Waals surface area contributed by atoms with Crippen molar-refractivity contribution in [1.82, 2.24) is 10.2 Å². The monoisotopic (exact) mass is 264 g/mol. The smallest absolute Gasteiger partial charge is 0.239 e. The Labute approximate surface area is 117 Å². The molecule has 3 unspecified atom stereocenters. The van der Waals surface area contributed by atoms with Gasteiger partial charge in [-0.1, -0.05) is 26.2 Å². The van der Waals surface area contributed by atoms with E-state index in [-0.39, 0.29) is 6.04 Å². The second-order valence-corrected chi connectivity index (χ2v) is 6.94. The van der Waals surface area contributed by atoms with Crippen LogP contribution in [0.3, 0.4) is 0 Å². The van der Waals surface area contributed by atoms with E-state index in [9.17, 15) is 4.79 Å². The minimum absolute atomic E-state index is 0.125. The van der Waals surface area contributed by atoms with Crippen LogP contribution in [0.4, 0.5) is 0 Å². The quantitative estimate of drug-likeness (QED) is 0.846. The number of nitrogens with zero attached hydrogens (tertiary/aromatic N) is 1. The van der Waals surface area contributed by atoms with Crippen molar-refractivity contribution in [2.75, 3.05) is 13.1 Å². The van der Waals surface area contributed by atoms with Crippen LogP contribution in [0.15, 0.2) is 0 Å². The fraction of sp³-hybridized carbons (Fsp3) is 0.938. The zero-order chi connectivity index (χ0) is 13.2. The van der Waals surface area contributed by atoms with Crippen LogP contribution < -0.4 is 5.32 Å². The summed E-state index contributed by atoms with van der Waals surface area (Å²) in [5, 5.41) is 3.53. The predicted octanol–water partition coefficient (Wildman–Crippen LogP) is 2.56. The van der Waals surface area contributed by atoms with Crippen LogP contribution in [0.25, 0.3) is 0 Å². The second kappa shape index (κ2) is 5.82. The van der Waals surface area contributed by atoms with Gasteiger partial charge >= 0.3 is 0 Å². The van der Waals surface area contributed by atoms with Gasteiger partial charge in [0.25, 0.3) is 0 Å². The molecule has 0 aromatic carbocycles. The van der Waals surface area contributed by atoms with E-state index in [1.54, 1.807) is 0 Å². The fourth-order valence-corrected chi connectivity index (χ4v) is 3.76. The van der Waals surface area contributed by atoms with E-state index in [1.807, 2.05) is 0 Å². The maximum Gasteiger partial charge on any atom is 0.239 e. The standard InChI is InChI=1S/C16H28N2O/c1-12-5-2-3-6-13(12)11-18-10-4-7-15(16(18)19)17-14-8-9-14/h12-15,17H,2-11H2,1H3. The molecule has 1 heterocycles. The average Bonchev–Trinajstić information content (AvgIpc) is 3.21. The first-order valence-corrected chi connectivity index (χ1v) is 8.29. The highest BCUT2D eigenvalue weighted by molar-refractivity contribution is 5.82. The van der Waals surface area contributed by atoms with Gasteiger partial charge in [0.15, 0.2) is 0 Å². The van der Waals surface area contributed by atoms with Gasteiger partial charge in [-0.25, -0.2) is 0 Å². The molecule has 3 nitrogen and oxygen atoms in total. The Morgan fingerprint density at radius 2 is 1.89 bits per heavy atom. The third-order valence-electron chi connectivity index (χ3n) is 5.29. The summed E-state index contributed by atoms with van der Waals surface area (Å²) in [6, 6.07) is 0.766. The van der Waals surface area contributed by atoms with Gasteiger partial charge in [-0.15, -0.1) is 0 Å². The first-order chi connectivity index (χ1) is 9.24. The van der Waals surface area contributed by atoms with E-state index in [0.29, 0.717) is 11.9 Å². The number of carbonyl (C=O) groups is 1. The summed E-state index contributed by atoms with van der Waals surface area (Å²) in [5.41, 5.74) is 0. The molecular weight excluding hydrogens is 236 g/mol. The maximum atomic E-state index is 12.5.